The van der Waals surface area contributed by atoms with Gasteiger partial charge in [-0.15, -0.1) is 11.3 Å². The Morgan fingerprint density at radius 2 is 1.93 bits per heavy atom. The number of rotatable bonds is 7. The number of nitrogens with zero attached hydrogens (tertiary/aromatic N) is 3. The van der Waals surface area contributed by atoms with E-state index < -0.39 is 4.92 Å². The van der Waals surface area contributed by atoms with Crippen molar-refractivity contribution < 1.29 is 9.66 Å². The molecule has 0 amide bonds. The fraction of sp³-hybridized carbons (Fsp3) is 0.158. The van der Waals surface area contributed by atoms with Gasteiger partial charge >= 0.3 is 0 Å². The Kier molecular flexibility index (Phi) is 5.77. The molecule has 1 aromatic heterocycles. The van der Waals surface area contributed by atoms with Crippen LogP contribution in [0, 0.1) is 10.1 Å². The number of nitro groups is 1. The van der Waals surface area contributed by atoms with E-state index in [0.717, 1.165) is 28.3 Å². The van der Waals surface area contributed by atoms with Gasteiger partial charge in [-0.3, -0.25) is 15.5 Å². The predicted octanol–water partition coefficient (Wildman–Crippen LogP) is 4.95. The molecule has 1 N–H and O–H groups in total. The topological polar surface area (TPSA) is 89.7 Å². The lowest BCUT2D eigenvalue weighted by molar-refractivity contribution is -0.384. The number of benzene rings is 2. The summed E-state index contributed by atoms with van der Waals surface area (Å²) in [5.41, 5.74) is 6.38. The van der Waals surface area contributed by atoms with Crippen molar-refractivity contribution in [2.75, 3.05) is 12.0 Å². The largest absolute Gasteiger partial charge is 0.494 e. The lowest BCUT2D eigenvalue weighted by atomic mass is 10.1. The van der Waals surface area contributed by atoms with Gasteiger partial charge in [0.1, 0.15) is 5.75 Å². The Morgan fingerprint density at radius 1 is 1.22 bits per heavy atom. The van der Waals surface area contributed by atoms with Crippen molar-refractivity contribution in [1.82, 2.24) is 4.98 Å². The zero-order chi connectivity index (χ0) is 19.2. The molecule has 0 fully saturated rings. The summed E-state index contributed by atoms with van der Waals surface area (Å²) >= 11 is 1.42. The number of ether oxygens (including phenoxy) is 1. The maximum atomic E-state index is 10.7. The molecule has 0 spiro atoms. The highest BCUT2D eigenvalue weighted by molar-refractivity contribution is 7.14. The highest BCUT2D eigenvalue weighted by Crippen LogP contribution is 2.26. The van der Waals surface area contributed by atoms with Gasteiger partial charge in [0.25, 0.3) is 5.69 Å². The summed E-state index contributed by atoms with van der Waals surface area (Å²) in [6, 6.07) is 14.0. The summed E-state index contributed by atoms with van der Waals surface area (Å²) in [5, 5.41) is 17.6. The first-order valence-corrected chi connectivity index (χ1v) is 9.18. The second-order valence-corrected chi connectivity index (χ2v) is 6.47. The molecule has 3 aromatic rings. The predicted molar refractivity (Wildman–Crippen MR) is 108 cm³/mol. The highest BCUT2D eigenvalue weighted by atomic mass is 32.1. The number of hydrogen-bond acceptors (Lipinski definition) is 7. The first kappa shape index (κ1) is 18.5. The summed E-state index contributed by atoms with van der Waals surface area (Å²) < 4.78 is 5.43. The molecule has 3 rings (SSSR count). The van der Waals surface area contributed by atoms with Crippen LogP contribution >= 0.6 is 11.3 Å². The third-order valence-electron chi connectivity index (χ3n) is 3.78. The van der Waals surface area contributed by atoms with E-state index in [-0.39, 0.29) is 5.69 Å². The van der Waals surface area contributed by atoms with Crippen LogP contribution in [0.1, 0.15) is 19.4 Å². The van der Waals surface area contributed by atoms with Gasteiger partial charge in [-0.25, -0.2) is 4.98 Å². The third kappa shape index (κ3) is 4.68. The Balaban J connectivity index is 1.67. The number of aromatic nitrogens is 1. The average molecular weight is 382 g/mol. The minimum absolute atomic E-state index is 0.0582. The van der Waals surface area contributed by atoms with Gasteiger partial charge in [-0.2, -0.15) is 5.10 Å². The number of nitro benzene ring substituents is 1. The van der Waals surface area contributed by atoms with Crippen LogP contribution in [0.15, 0.2) is 59.0 Å². The molecule has 0 aliphatic carbocycles. The van der Waals surface area contributed by atoms with Crippen LogP contribution in [0.2, 0.25) is 0 Å². The molecule has 0 aliphatic rings. The van der Waals surface area contributed by atoms with Crippen molar-refractivity contribution in [3.8, 4) is 17.0 Å². The molecule has 0 radical (unpaired) electrons. The summed E-state index contributed by atoms with van der Waals surface area (Å²) in [7, 11) is 0. The Hall–Kier alpha value is -3.26. The molecule has 27 heavy (non-hydrogen) atoms. The van der Waals surface area contributed by atoms with E-state index in [0.29, 0.717) is 11.7 Å². The number of hydrogen-bond donors (Lipinski definition) is 1. The molecule has 1 heterocycles. The maximum Gasteiger partial charge on any atom is 0.269 e. The van der Waals surface area contributed by atoms with E-state index >= 15 is 0 Å². The van der Waals surface area contributed by atoms with E-state index in [4.69, 9.17) is 4.74 Å². The summed E-state index contributed by atoms with van der Waals surface area (Å²) in [6.45, 7) is 4.49. The molecular formula is C19H18N4O3S. The van der Waals surface area contributed by atoms with Crippen LogP contribution in [-0.2, 0) is 0 Å². The molecule has 0 aliphatic heterocycles. The Bertz CT molecular complexity index is 950. The van der Waals surface area contributed by atoms with Crippen LogP contribution in [0.3, 0.4) is 0 Å². The van der Waals surface area contributed by atoms with Gasteiger partial charge < -0.3 is 4.74 Å². The second kappa shape index (κ2) is 8.41. The van der Waals surface area contributed by atoms with Gasteiger partial charge in [0.05, 0.1) is 22.9 Å². The molecule has 2 aromatic carbocycles. The lowest BCUT2D eigenvalue weighted by Gasteiger charge is -2.05. The molecule has 7 nitrogen and oxygen atoms in total. The Morgan fingerprint density at radius 3 is 2.56 bits per heavy atom. The van der Waals surface area contributed by atoms with E-state index in [9.17, 15) is 10.1 Å². The van der Waals surface area contributed by atoms with E-state index in [2.05, 4.69) is 15.5 Å². The zero-order valence-electron chi connectivity index (χ0n) is 14.9. The third-order valence-corrected chi connectivity index (χ3v) is 4.53. The van der Waals surface area contributed by atoms with E-state index in [1.54, 1.807) is 12.1 Å². The molecular weight excluding hydrogens is 364 g/mol. The quantitative estimate of drug-likeness (QED) is 0.355. The lowest BCUT2D eigenvalue weighted by Crippen LogP contribution is -2.00. The monoisotopic (exact) mass is 382 g/mol. The average Bonchev–Trinajstić information content (AvgIpc) is 3.16. The van der Waals surface area contributed by atoms with Crippen molar-refractivity contribution in [2.45, 2.75) is 13.8 Å². The SMILES string of the molecule is CCOc1ccc(/C(C)=N\Nc2nc(-c3ccc([N+](=O)[O-])cc3)cs2)cc1. The fourth-order valence-electron chi connectivity index (χ4n) is 2.37. The molecule has 0 bridgehead atoms. The second-order valence-electron chi connectivity index (χ2n) is 5.61. The number of hydrazone groups is 1. The highest BCUT2D eigenvalue weighted by Gasteiger charge is 2.08. The minimum atomic E-state index is -0.420. The Labute approximate surface area is 160 Å². The van der Waals surface area contributed by atoms with Crippen molar-refractivity contribution in [3.05, 3.63) is 69.6 Å². The zero-order valence-corrected chi connectivity index (χ0v) is 15.7. The van der Waals surface area contributed by atoms with Gasteiger partial charge in [0, 0.05) is 23.1 Å². The van der Waals surface area contributed by atoms with Crippen molar-refractivity contribution in [2.24, 2.45) is 5.10 Å². The molecule has 0 unspecified atom stereocenters. The van der Waals surface area contributed by atoms with Crippen LogP contribution in [0.4, 0.5) is 10.8 Å². The fourth-order valence-corrected chi connectivity index (χ4v) is 3.03. The standard InChI is InChI=1S/C19H18N4O3S/c1-3-26-17-10-6-14(7-11-17)13(2)21-22-19-20-18(12-27-19)15-4-8-16(9-5-15)23(24)25/h4-12H,3H2,1-2H3,(H,20,22)/b21-13-. The van der Waals surface area contributed by atoms with E-state index in [1.807, 2.05) is 43.5 Å². The minimum Gasteiger partial charge on any atom is -0.494 e. The van der Waals surface area contributed by atoms with Crippen LogP contribution in [0.25, 0.3) is 11.3 Å². The van der Waals surface area contributed by atoms with Gasteiger partial charge in [-0.1, -0.05) is 0 Å². The van der Waals surface area contributed by atoms with Crippen LogP contribution in [0.5, 0.6) is 5.75 Å². The first-order valence-electron chi connectivity index (χ1n) is 8.30. The maximum absolute atomic E-state index is 10.7. The van der Waals surface area contributed by atoms with Gasteiger partial charge in [0.2, 0.25) is 5.13 Å². The van der Waals surface area contributed by atoms with Gasteiger partial charge in [-0.05, 0) is 55.8 Å². The van der Waals surface area contributed by atoms with Gasteiger partial charge in [0.15, 0.2) is 0 Å². The first-order chi connectivity index (χ1) is 13.1. The van der Waals surface area contributed by atoms with Crippen molar-refractivity contribution >= 4 is 27.9 Å². The van der Waals surface area contributed by atoms with Crippen molar-refractivity contribution in [3.63, 3.8) is 0 Å². The molecule has 0 saturated carbocycles. The molecule has 8 heteroatoms. The van der Waals surface area contributed by atoms with Crippen LogP contribution in [-0.4, -0.2) is 22.2 Å². The normalized spacial score (nSPS) is 11.3. The summed E-state index contributed by atoms with van der Waals surface area (Å²) in [6.07, 6.45) is 0. The molecule has 0 atom stereocenters. The van der Waals surface area contributed by atoms with E-state index in [1.165, 1.54) is 23.5 Å². The summed E-state index contributed by atoms with van der Waals surface area (Å²) in [5.74, 6) is 0.828. The molecule has 138 valence electrons. The summed E-state index contributed by atoms with van der Waals surface area (Å²) in [4.78, 5) is 14.8. The number of anilines is 1. The number of thiazole rings is 1. The molecule has 0 saturated heterocycles. The smallest absolute Gasteiger partial charge is 0.269 e. The van der Waals surface area contributed by atoms with Crippen LogP contribution < -0.4 is 10.2 Å². The number of nitrogens with one attached hydrogen (secondary N) is 1. The van der Waals surface area contributed by atoms with Crippen molar-refractivity contribution in [1.29, 1.82) is 0 Å². The number of non-ortho nitro benzene ring substituents is 1.